The second-order valence-electron chi connectivity index (χ2n) is 7.26. The molecule has 2 heterocycles. The number of likely N-dealkylation sites (N-methyl/N-ethyl adjacent to an activating group) is 1. The molecule has 2 aromatic rings. The van der Waals surface area contributed by atoms with Gasteiger partial charge in [0.1, 0.15) is 5.82 Å². The normalized spacial score (nSPS) is 18.8. The average Bonchev–Trinajstić information content (AvgIpc) is 2.87. The number of fused-ring (bicyclic) bond motifs is 1. The smallest absolute Gasteiger partial charge is 0.108 e. The van der Waals surface area contributed by atoms with Crippen molar-refractivity contribution in [3.63, 3.8) is 0 Å². The molecule has 0 radical (unpaired) electrons. The molecule has 0 spiro atoms. The van der Waals surface area contributed by atoms with E-state index in [1.807, 2.05) is 14.1 Å². The van der Waals surface area contributed by atoms with Crippen molar-refractivity contribution in [3.8, 4) is 0 Å². The fourth-order valence-electron chi connectivity index (χ4n) is 3.50. The quantitative estimate of drug-likeness (QED) is 0.883. The monoisotopic (exact) mass is 316 g/mol. The number of piperidine rings is 1. The summed E-state index contributed by atoms with van der Waals surface area (Å²) in [5.41, 5.74) is 2.91. The van der Waals surface area contributed by atoms with Crippen molar-refractivity contribution in [3.05, 3.63) is 29.6 Å². The summed E-state index contributed by atoms with van der Waals surface area (Å²) in [5, 5.41) is 10.6. The topological polar surface area (TPSA) is 55.4 Å². The van der Waals surface area contributed by atoms with Crippen LogP contribution in [-0.4, -0.2) is 70.7 Å². The van der Waals surface area contributed by atoms with E-state index in [4.69, 9.17) is 0 Å². The lowest BCUT2D eigenvalue weighted by molar-refractivity contribution is -0.0370. The maximum Gasteiger partial charge on any atom is 0.108 e. The van der Waals surface area contributed by atoms with Gasteiger partial charge in [0.05, 0.1) is 16.6 Å². The zero-order valence-corrected chi connectivity index (χ0v) is 14.5. The number of aromatic nitrogens is 2. The van der Waals surface area contributed by atoms with Gasteiger partial charge in [0.2, 0.25) is 0 Å². The molecule has 1 aromatic carbocycles. The Morgan fingerprint density at radius 3 is 2.74 bits per heavy atom. The zero-order chi connectivity index (χ0) is 16.4. The van der Waals surface area contributed by atoms with E-state index in [9.17, 15) is 5.11 Å². The number of aromatic amines is 1. The molecule has 126 valence electrons. The van der Waals surface area contributed by atoms with E-state index in [0.717, 1.165) is 62.3 Å². The summed E-state index contributed by atoms with van der Waals surface area (Å²) < 4.78 is 0. The minimum absolute atomic E-state index is 0.517. The van der Waals surface area contributed by atoms with Crippen LogP contribution in [0.5, 0.6) is 0 Å². The van der Waals surface area contributed by atoms with E-state index in [1.165, 1.54) is 5.56 Å². The molecule has 1 aliphatic rings. The highest BCUT2D eigenvalue weighted by molar-refractivity contribution is 5.75. The molecular weight excluding hydrogens is 288 g/mol. The molecular formula is C18H28N4O. The zero-order valence-electron chi connectivity index (χ0n) is 14.5. The molecule has 2 N–H and O–H groups in total. The first-order chi connectivity index (χ1) is 10.9. The Morgan fingerprint density at radius 1 is 1.30 bits per heavy atom. The number of likely N-dealkylation sites (tertiary alicyclic amines) is 1. The van der Waals surface area contributed by atoms with E-state index < -0.39 is 5.60 Å². The van der Waals surface area contributed by atoms with Crippen molar-refractivity contribution in [1.29, 1.82) is 0 Å². The maximum absolute atomic E-state index is 10.6. The Morgan fingerprint density at radius 2 is 2.04 bits per heavy atom. The third-order valence-corrected chi connectivity index (χ3v) is 4.75. The fourth-order valence-corrected chi connectivity index (χ4v) is 3.50. The first-order valence-electron chi connectivity index (χ1n) is 8.48. The molecule has 23 heavy (non-hydrogen) atoms. The molecule has 1 aromatic heterocycles. The Bertz CT molecular complexity index is 656. The SMILES string of the molecule is Cc1ccc2nc(CCN3CCC(O)(CN(C)C)CC3)[nH]c2c1. The summed E-state index contributed by atoms with van der Waals surface area (Å²) in [6.07, 6.45) is 2.63. The predicted octanol–water partition coefficient (Wildman–Crippen LogP) is 1.80. The van der Waals surface area contributed by atoms with Gasteiger partial charge < -0.3 is 19.9 Å². The first-order valence-corrected chi connectivity index (χ1v) is 8.48. The number of rotatable bonds is 5. The molecule has 1 saturated heterocycles. The lowest BCUT2D eigenvalue weighted by Gasteiger charge is -2.39. The fraction of sp³-hybridized carbons (Fsp3) is 0.611. The first kappa shape index (κ1) is 16.4. The summed E-state index contributed by atoms with van der Waals surface area (Å²) in [7, 11) is 4.04. The highest BCUT2D eigenvalue weighted by Crippen LogP contribution is 2.23. The van der Waals surface area contributed by atoms with Crippen LogP contribution in [0.4, 0.5) is 0 Å². The molecule has 0 saturated carbocycles. The van der Waals surface area contributed by atoms with Gasteiger partial charge in [0.25, 0.3) is 0 Å². The summed E-state index contributed by atoms with van der Waals surface area (Å²) >= 11 is 0. The second-order valence-corrected chi connectivity index (χ2v) is 7.26. The molecule has 0 aliphatic carbocycles. The van der Waals surface area contributed by atoms with E-state index in [0.29, 0.717) is 0 Å². The van der Waals surface area contributed by atoms with Gasteiger partial charge in [0, 0.05) is 32.6 Å². The van der Waals surface area contributed by atoms with E-state index in [2.05, 4.69) is 44.9 Å². The van der Waals surface area contributed by atoms with Gasteiger partial charge in [-0.05, 0) is 51.6 Å². The van der Waals surface area contributed by atoms with Gasteiger partial charge in [-0.2, -0.15) is 0 Å². The largest absolute Gasteiger partial charge is 0.388 e. The van der Waals surface area contributed by atoms with Crippen LogP contribution in [-0.2, 0) is 6.42 Å². The van der Waals surface area contributed by atoms with Crippen molar-refractivity contribution >= 4 is 11.0 Å². The van der Waals surface area contributed by atoms with Gasteiger partial charge in [0.15, 0.2) is 0 Å². The number of aryl methyl sites for hydroxylation is 1. The lowest BCUT2D eigenvalue weighted by atomic mass is 9.91. The van der Waals surface area contributed by atoms with Gasteiger partial charge in [-0.25, -0.2) is 4.98 Å². The van der Waals surface area contributed by atoms with Crippen LogP contribution in [0, 0.1) is 6.92 Å². The van der Waals surface area contributed by atoms with Crippen LogP contribution in [0.15, 0.2) is 18.2 Å². The number of nitrogens with one attached hydrogen (secondary N) is 1. The molecule has 1 fully saturated rings. The number of hydrogen-bond acceptors (Lipinski definition) is 4. The molecule has 0 bridgehead atoms. The maximum atomic E-state index is 10.6. The molecule has 1 aliphatic heterocycles. The number of aliphatic hydroxyl groups is 1. The third-order valence-electron chi connectivity index (χ3n) is 4.75. The molecule has 0 unspecified atom stereocenters. The van der Waals surface area contributed by atoms with E-state index in [-0.39, 0.29) is 0 Å². The molecule has 3 rings (SSSR count). The summed E-state index contributed by atoms with van der Waals surface area (Å²) in [5.74, 6) is 1.06. The molecule has 5 nitrogen and oxygen atoms in total. The van der Waals surface area contributed by atoms with Gasteiger partial charge in [-0.3, -0.25) is 0 Å². The highest BCUT2D eigenvalue weighted by atomic mass is 16.3. The standard InChI is InChI=1S/C18H28N4O/c1-14-4-5-15-16(12-14)20-17(19-15)6-9-22-10-7-18(23,8-11-22)13-21(2)3/h4-5,12,23H,6-11,13H2,1-3H3,(H,19,20). The van der Waals surface area contributed by atoms with Gasteiger partial charge in [-0.15, -0.1) is 0 Å². The minimum atomic E-state index is -0.517. The Labute approximate surface area is 138 Å². The lowest BCUT2D eigenvalue weighted by Crippen LogP contribution is -2.49. The number of imidazole rings is 1. The van der Waals surface area contributed by atoms with Crippen LogP contribution >= 0.6 is 0 Å². The van der Waals surface area contributed by atoms with Crippen molar-refractivity contribution in [2.75, 3.05) is 40.3 Å². The summed E-state index contributed by atoms with van der Waals surface area (Å²) in [6, 6.07) is 6.32. The van der Waals surface area contributed by atoms with Gasteiger partial charge >= 0.3 is 0 Å². The van der Waals surface area contributed by atoms with Crippen molar-refractivity contribution in [2.24, 2.45) is 0 Å². The number of hydrogen-bond donors (Lipinski definition) is 2. The number of benzene rings is 1. The van der Waals surface area contributed by atoms with Crippen LogP contribution in [0.2, 0.25) is 0 Å². The summed E-state index contributed by atoms with van der Waals surface area (Å²) in [6.45, 7) is 5.77. The number of nitrogens with zero attached hydrogens (tertiary/aromatic N) is 3. The third kappa shape index (κ3) is 4.10. The van der Waals surface area contributed by atoms with E-state index >= 15 is 0 Å². The molecule has 5 heteroatoms. The molecule has 0 amide bonds. The van der Waals surface area contributed by atoms with Crippen LogP contribution in [0.25, 0.3) is 11.0 Å². The van der Waals surface area contributed by atoms with Crippen LogP contribution < -0.4 is 0 Å². The summed E-state index contributed by atoms with van der Waals surface area (Å²) in [4.78, 5) is 12.6. The highest BCUT2D eigenvalue weighted by Gasteiger charge is 2.32. The minimum Gasteiger partial charge on any atom is -0.388 e. The second kappa shape index (κ2) is 6.59. The Kier molecular flexibility index (Phi) is 4.71. The van der Waals surface area contributed by atoms with Crippen LogP contribution in [0.3, 0.4) is 0 Å². The van der Waals surface area contributed by atoms with E-state index in [1.54, 1.807) is 0 Å². The molecule has 0 atom stereocenters. The van der Waals surface area contributed by atoms with Crippen molar-refractivity contribution < 1.29 is 5.11 Å². The van der Waals surface area contributed by atoms with Crippen LogP contribution in [0.1, 0.15) is 24.2 Å². The average molecular weight is 316 g/mol. The predicted molar refractivity (Wildman–Crippen MR) is 93.7 cm³/mol. The number of H-pyrrole nitrogens is 1. The Hall–Kier alpha value is -1.43. The van der Waals surface area contributed by atoms with Crippen molar-refractivity contribution in [2.45, 2.75) is 31.8 Å². The Balaban J connectivity index is 1.53. The van der Waals surface area contributed by atoms with Gasteiger partial charge in [-0.1, -0.05) is 6.07 Å². The van der Waals surface area contributed by atoms with Crippen molar-refractivity contribution in [1.82, 2.24) is 19.8 Å².